The van der Waals surface area contributed by atoms with Gasteiger partial charge < -0.3 is 15.0 Å². The number of carbonyl (C=O) groups excluding carboxylic acids is 1. The molecule has 4 heteroatoms. The first-order valence-electron chi connectivity index (χ1n) is 6.59. The lowest BCUT2D eigenvalue weighted by Gasteiger charge is -2.12. The van der Waals surface area contributed by atoms with Gasteiger partial charge >= 0.3 is 0 Å². The maximum atomic E-state index is 12.3. The SMILES string of the molecule is CC(CCCO)NC(=O)c1cn(C)c2ccccc12. The average Bonchev–Trinajstić information content (AvgIpc) is 2.74. The van der Waals surface area contributed by atoms with Crippen molar-refractivity contribution in [3.8, 4) is 0 Å². The summed E-state index contributed by atoms with van der Waals surface area (Å²) in [4.78, 5) is 12.3. The van der Waals surface area contributed by atoms with Gasteiger partial charge in [-0.1, -0.05) is 18.2 Å². The number of hydrogen-bond donors (Lipinski definition) is 2. The number of carbonyl (C=O) groups is 1. The highest BCUT2D eigenvalue weighted by atomic mass is 16.3. The van der Waals surface area contributed by atoms with Crippen molar-refractivity contribution in [2.75, 3.05) is 6.61 Å². The number of aliphatic hydroxyl groups is 1. The van der Waals surface area contributed by atoms with E-state index in [1.165, 1.54) is 0 Å². The molecule has 2 N–H and O–H groups in total. The molecule has 1 unspecified atom stereocenters. The van der Waals surface area contributed by atoms with E-state index in [0.29, 0.717) is 12.0 Å². The summed E-state index contributed by atoms with van der Waals surface area (Å²) in [6.45, 7) is 2.12. The van der Waals surface area contributed by atoms with Crippen LogP contribution in [0.3, 0.4) is 0 Å². The van der Waals surface area contributed by atoms with Crippen LogP contribution in [-0.2, 0) is 7.05 Å². The Morgan fingerprint density at radius 1 is 1.42 bits per heavy atom. The van der Waals surface area contributed by atoms with Crippen molar-refractivity contribution in [3.63, 3.8) is 0 Å². The monoisotopic (exact) mass is 260 g/mol. The van der Waals surface area contributed by atoms with Crippen molar-refractivity contribution >= 4 is 16.8 Å². The van der Waals surface area contributed by atoms with Gasteiger partial charge in [0.25, 0.3) is 5.91 Å². The van der Waals surface area contributed by atoms with Crippen molar-refractivity contribution < 1.29 is 9.90 Å². The Kier molecular flexibility index (Phi) is 4.22. The zero-order valence-corrected chi connectivity index (χ0v) is 11.4. The first kappa shape index (κ1) is 13.6. The van der Waals surface area contributed by atoms with E-state index >= 15 is 0 Å². The molecule has 1 amide bonds. The minimum absolute atomic E-state index is 0.0535. The van der Waals surface area contributed by atoms with E-state index in [-0.39, 0.29) is 18.6 Å². The molecular formula is C15H20N2O2. The van der Waals surface area contributed by atoms with Crippen LogP contribution in [-0.4, -0.2) is 28.2 Å². The predicted molar refractivity (Wildman–Crippen MR) is 76.2 cm³/mol. The maximum Gasteiger partial charge on any atom is 0.253 e. The number of hydrogen-bond acceptors (Lipinski definition) is 2. The summed E-state index contributed by atoms with van der Waals surface area (Å²) in [5.74, 6) is -0.0535. The highest BCUT2D eigenvalue weighted by Gasteiger charge is 2.15. The fraction of sp³-hybridized carbons (Fsp3) is 0.400. The standard InChI is InChI=1S/C15H20N2O2/c1-11(6-5-9-18)16-15(19)13-10-17(2)14-8-4-3-7-12(13)14/h3-4,7-8,10-11,18H,5-6,9H2,1-2H3,(H,16,19). The Hall–Kier alpha value is -1.81. The molecule has 0 saturated carbocycles. The van der Waals surface area contributed by atoms with Gasteiger partial charge in [0.1, 0.15) is 0 Å². The summed E-state index contributed by atoms with van der Waals surface area (Å²) in [5.41, 5.74) is 1.75. The molecule has 1 aromatic heterocycles. The number of aliphatic hydroxyl groups excluding tert-OH is 1. The third-order valence-corrected chi connectivity index (χ3v) is 3.31. The van der Waals surface area contributed by atoms with Crippen LogP contribution in [0.2, 0.25) is 0 Å². The Morgan fingerprint density at radius 2 is 2.16 bits per heavy atom. The first-order valence-corrected chi connectivity index (χ1v) is 6.59. The van der Waals surface area contributed by atoms with Crippen LogP contribution < -0.4 is 5.32 Å². The molecule has 4 nitrogen and oxygen atoms in total. The van der Waals surface area contributed by atoms with E-state index in [1.54, 1.807) is 0 Å². The van der Waals surface area contributed by atoms with Crippen LogP contribution >= 0.6 is 0 Å². The van der Waals surface area contributed by atoms with Crippen molar-refractivity contribution in [1.29, 1.82) is 0 Å². The lowest BCUT2D eigenvalue weighted by atomic mass is 10.1. The maximum absolute atomic E-state index is 12.3. The number of aromatic nitrogens is 1. The lowest BCUT2D eigenvalue weighted by Crippen LogP contribution is -2.32. The van der Waals surface area contributed by atoms with E-state index in [2.05, 4.69) is 5.32 Å². The molecule has 1 atom stereocenters. The molecule has 0 bridgehead atoms. The highest BCUT2D eigenvalue weighted by Crippen LogP contribution is 2.20. The smallest absolute Gasteiger partial charge is 0.253 e. The van der Waals surface area contributed by atoms with E-state index in [4.69, 9.17) is 5.11 Å². The van der Waals surface area contributed by atoms with Crippen molar-refractivity contribution in [2.45, 2.75) is 25.8 Å². The molecule has 1 aromatic carbocycles. The van der Waals surface area contributed by atoms with E-state index < -0.39 is 0 Å². The van der Waals surface area contributed by atoms with Gasteiger partial charge in [-0.3, -0.25) is 4.79 Å². The highest BCUT2D eigenvalue weighted by molar-refractivity contribution is 6.07. The number of amides is 1. The minimum atomic E-state index is -0.0535. The zero-order valence-electron chi connectivity index (χ0n) is 11.4. The summed E-state index contributed by atoms with van der Waals surface area (Å²) in [7, 11) is 1.94. The number of rotatable bonds is 5. The van der Waals surface area contributed by atoms with Gasteiger partial charge in [0.05, 0.1) is 5.56 Å². The summed E-state index contributed by atoms with van der Waals surface area (Å²) in [5, 5.41) is 12.7. The summed E-state index contributed by atoms with van der Waals surface area (Å²) < 4.78 is 1.96. The predicted octanol–water partition coefficient (Wildman–Crippen LogP) is 2.07. The molecule has 1 heterocycles. The molecule has 0 fully saturated rings. The molecule has 19 heavy (non-hydrogen) atoms. The van der Waals surface area contributed by atoms with Crippen molar-refractivity contribution in [2.24, 2.45) is 7.05 Å². The van der Waals surface area contributed by atoms with Gasteiger partial charge in [0.2, 0.25) is 0 Å². The lowest BCUT2D eigenvalue weighted by molar-refractivity contribution is 0.0938. The topological polar surface area (TPSA) is 54.3 Å². The van der Waals surface area contributed by atoms with Gasteiger partial charge in [-0.05, 0) is 25.8 Å². The van der Waals surface area contributed by atoms with Crippen molar-refractivity contribution in [1.82, 2.24) is 9.88 Å². The van der Waals surface area contributed by atoms with E-state index in [1.807, 2.05) is 49.0 Å². The third kappa shape index (κ3) is 2.96. The summed E-state index contributed by atoms with van der Waals surface area (Å²) >= 11 is 0. The normalized spacial score (nSPS) is 12.6. The van der Waals surface area contributed by atoms with E-state index in [0.717, 1.165) is 17.3 Å². The third-order valence-electron chi connectivity index (χ3n) is 3.31. The second kappa shape index (κ2) is 5.89. The number of benzene rings is 1. The Morgan fingerprint density at radius 3 is 2.89 bits per heavy atom. The number of aryl methyl sites for hydroxylation is 1. The van der Waals surface area contributed by atoms with Crippen LogP contribution in [0.4, 0.5) is 0 Å². The van der Waals surface area contributed by atoms with Gasteiger partial charge in [-0.25, -0.2) is 0 Å². The van der Waals surface area contributed by atoms with Crippen LogP contribution in [0.1, 0.15) is 30.1 Å². The first-order chi connectivity index (χ1) is 9.13. The number of fused-ring (bicyclic) bond motifs is 1. The Labute approximate surface area is 113 Å². The molecule has 2 aromatic rings. The fourth-order valence-electron chi connectivity index (χ4n) is 2.29. The van der Waals surface area contributed by atoms with Gasteiger partial charge in [0, 0.05) is 36.8 Å². The second-order valence-electron chi connectivity index (χ2n) is 4.91. The Bertz CT molecular complexity index is 575. The zero-order chi connectivity index (χ0) is 13.8. The molecule has 0 aliphatic heterocycles. The van der Waals surface area contributed by atoms with Crippen LogP contribution in [0.15, 0.2) is 30.5 Å². The molecule has 2 rings (SSSR count). The molecule has 102 valence electrons. The average molecular weight is 260 g/mol. The summed E-state index contributed by atoms with van der Waals surface area (Å²) in [6.07, 6.45) is 3.35. The number of para-hydroxylation sites is 1. The number of nitrogens with one attached hydrogen (secondary N) is 1. The van der Waals surface area contributed by atoms with E-state index in [9.17, 15) is 4.79 Å². The molecule has 0 aliphatic carbocycles. The molecule has 0 radical (unpaired) electrons. The fourth-order valence-corrected chi connectivity index (χ4v) is 2.29. The molecular weight excluding hydrogens is 240 g/mol. The second-order valence-corrected chi connectivity index (χ2v) is 4.91. The minimum Gasteiger partial charge on any atom is -0.396 e. The molecule has 0 spiro atoms. The molecule has 0 saturated heterocycles. The van der Waals surface area contributed by atoms with Crippen LogP contribution in [0, 0.1) is 0 Å². The largest absolute Gasteiger partial charge is 0.396 e. The van der Waals surface area contributed by atoms with Crippen molar-refractivity contribution in [3.05, 3.63) is 36.0 Å². The summed E-state index contributed by atoms with van der Waals surface area (Å²) in [6, 6.07) is 7.94. The van der Waals surface area contributed by atoms with Crippen LogP contribution in [0.25, 0.3) is 10.9 Å². The molecule has 0 aliphatic rings. The number of nitrogens with zero attached hydrogens (tertiary/aromatic N) is 1. The van der Waals surface area contributed by atoms with Crippen LogP contribution in [0.5, 0.6) is 0 Å². The Balaban J connectivity index is 2.18. The van der Waals surface area contributed by atoms with Gasteiger partial charge in [-0.2, -0.15) is 0 Å². The van der Waals surface area contributed by atoms with Gasteiger partial charge in [-0.15, -0.1) is 0 Å². The quantitative estimate of drug-likeness (QED) is 0.864. The van der Waals surface area contributed by atoms with Gasteiger partial charge in [0.15, 0.2) is 0 Å².